The topological polar surface area (TPSA) is 78.0 Å². The maximum absolute atomic E-state index is 12.7. The van der Waals surface area contributed by atoms with E-state index in [0.29, 0.717) is 28.3 Å². The zero-order valence-corrected chi connectivity index (χ0v) is 13.2. The quantitative estimate of drug-likeness (QED) is 0.790. The molecule has 0 radical (unpaired) electrons. The van der Waals surface area contributed by atoms with Crippen LogP contribution in [-0.4, -0.2) is 23.9 Å². The first-order chi connectivity index (χ1) is 10.0. The summed E-state index contributed by atoms with van der Waals surface area (Å²) in [5.41, 5.74) is 7.61. The minimum Gasteiger partial charge on any atom is -0.330 e. The molecular formula is C13H12ClN3O2S2. The van der Waals surface area contributed by atoms with Crippen LogP contribution in [0.3, 0.4) is 0 Å². The van der Waals surface area contributed by atoms with Gasteiger partial charge in [0.1, 0.15) is 4.21 Å². The van der Waals surface area contributed by atoms with Gasteiger partial charge in [-0.3, -0.25) is 4.98 Å². The lowest BCUT2D eigenvalue weighted by molar-refractivity contribution is 0.591. The summed E-state index contributed by atoms with van der Waals surface area (Å²) < 4.78 is 27.4. The second-order valence-electron chi connectivity index (χ2n) is 4.42. The van der Waals surface area contributed by atoms with Gasteiger partial charge in [-0.2, -0.15) is 8.42 Å². The van der Waals surface area contributed by atoms with Gasteiger partial charge in [0, 0.05) is 12.4 Å². The molecule has 0 saturated carbocycles. The highest BCUT2D eigenvalue weighted by molar-refractivity contribution is 7.92. The molecule has 3 heterocycles. The van der Waals surface area contributed by atoms with Crippen molar-refractivity contribution in [2.75, 3.05) is 6.54 Å². The van der Waals surface area contributed by atoms with Crippen molar-refractivity contribution in [1.82, 2.24) is 8.96 Å². The highest BCUT2D eigenvalue weighted by atomic mass is 35.5. The molecule has 0 atom stereocenters. The fourth-order valence-electron chi connectivity index (χ4n) is 2.16. The molecule has 3 aromatic rings. The van der Waals surface area contributed by atoms with Crippen molar-refractivity contribution in [3.05, 3.63) is 46.6 Å². The molecule has 0 fully saturated rings. The summed E-state index contributed by atoms with van der Waals surface area (Å²) in [6, 6.07) is 6.52. The summed E-state index contributed by atoms with van der Waals surface area (Å²) in [5, 5.41) is 0. The standard InChI is InChI=1S/C13H12ClN3O2S2/c14-11-3-4-12(20-11)21(18,19)17-8-9(5-6-15)13-10(17)2-1-7-16-13/h1-4,7-8H,5-6,15H2. The van der Waals surface area contributed by atoms with Crippen LogP contribution in [0.2, 0.25) is 4.34 Å². The van der Waals surface area contributed by atoms with E-state index in [-0.39, 0.29) is 4.21 Å². The van der Waals surface area contributed by atoms with Crippen LogP contribution in [0.25, 0.3) is 11.0 Å². The normalized spacial score (nSPS) is 12.1. The van der Waals surface area contributed by atoms with Crippen LogP contribution in [0, 0.1) is 0 Å². The molecule has 0 aliphatic heterocycles. The van der Waals surface area contributed by atoms with E-state index in [9.17, 15) is 8.42 Å². The number of nitrogens with zero attached hydrogens (tertiary/aromatic N) is 2. The Morgan fingerprint density at radius 3 is 2.81 bits per heavy atom. The summed E-state index contributed by atoms with van der Waals surface area (Å²) in [4.78, 5) is 4.27. The smallest absolute Gasteiger partial charge is 0.277 e. The van der Waals surface area contributed by atoms with Gasteiger partial charge in [0.25, 0.3) is 10.0 Å². The first kappa shape index (κ1) is 14.5. The molecule has 0 aliphatic carbocycles. The van der Waals surface area contributed by atoms with E-state index >= 15 is 0 Å². The Morgan fingerprint density at radius 1 is 1.33 bits per heavy atom. The van der Waals surface area contributed by atoms with E-state index in [1.807, 2.05) is 0 Å². The number of thiophene rings is 1. The van der Waals surface area contributed by atoms with Crippen molar-refractivity contribution >= 4 is 44.0 Å². The Bertz CT molecular complexity index is 899. The predicted octanol–water partition coefficient (Wildman–Crippen LogP) is 2.49. The summed E-state index contributed by atoms with van der Waals surface area (Å²) in [7, 11) is -3.67. The van der Waals surface area contributed by atoms with Crippen molar-refractivity contribution < 1.29 is 8.42 Å². The number of fused-ring (bicyclic) bond motifs is 1. The fraction of sp³-hybridized carbons (Fsp3) is 0.154. The zero-order valence-electron chi connectivity index (χ0n) is 10.9. The van der Waals surface area contributed by atoms with Crippen molar-refractivity contribution in [2.45, 2.75) is 10.6 Å². The van der Waals surface area contributed by atoms with Crippen LogP contribution in [0.15, 0.2) is 40.9 Å². The molecule has 0 saturated heterocycles. The van der Waals surface area contributed by atoms with Crippen molar-refractivity contribution in [1.29, 1.82) is 0 Å². The lowest BCUT2D eigenvalue weighted by Crippen LogP contribution is -2.10. The monoisotopic (exact) mass is 341 g/mol. The number of pyridine rings is 1. The van der Waals surface area contributed by atoms with E-state index in [2.05, 4.69) is 4.98 Å². The summed E-state index contributed by atoms with van der Waals surface area (Å²) in [6.45, 7) is 0.431. The molecule has 0 spiro atoms. The van der Waals surface area contributed by atoms with Crippen LogP contribution in [-0.2, 0) is 16.4 Å². The molecule has 0 aliphatic rings. The molecule has 0 aromatic carbocycles. The molecule has 21 heavy (non-hydrogen) atoms. The third kappa shape index (κ3) is 2.46. The highest BCUT2D eigenvalue weighted by Crippen LogP contribution is 2.30. The Labute approximate surface area is 131 Å². The van der Waals surface area contributed by atoms with Crippen LogP contribution >= 0.6 is 22.9 Å². The van der Waals surface area contributed by atoms with Gasteiger partial charge in [0.2, 0.25) is 0 Å². The maximum atomic E-state index is 12.7. The highest BCUT2D eigenvalue weighted by Gasteiger charge is 2.23. The molecular weight excluding hydrogens is 330 g/mol. The lowest BCUT2D eigenvalue weighted by atomic mass is 10.2. The molecule has 0 unspecified atom stereocenters. The Kier molecular flexibility index (Phi) is 3.75. The minimum atomic E-state index is -3.67. The van der Waals surface area contributed by atoms with Gasteiger partial charge in [0.15, 0.2) is 0 Å². The molecule has 5 nitrogen and oxygen atoms in total. The molecule has 3 aromatic heterocycles. The van der Waals surface area contributed by atoms with Crippen LogP contribution in [0.4, 0.5) is 0 Å². The van der Waals surface area contributed by atoms with Gasteiger partial charge in [0.05, 0.1) is 15.4 Å². The van der Waals surface area contributed by atoms with Crippen LogP contribution in [0.1, 0.15) is 5.56 Å². The zero-order chi connectivity index (χ0) is 15.0. The average molecular weight is 342 g/mol. The number of halogens is 1. The molecule has 0 bridgehead atoms. The van der Waals surface area contributed by atoms with Gasteiger partial charge < -0.3 is 5.73 Å². The number of aromatic nitrogens is 2. The molecule has 8 heteroatoms. The molecule has 110 valence electrons. The SMILES string of the molecule is NCCc1cn(S(=O)(=O)c2ccc(Cl)s2)c2cccnc12. The second kappa shape index (κ2) is 5.42. The second-order valence-corrected chi connectivity index (χ2v) is 8.18. The Hall–Kier alpha value is -1.41. The van der Waals surface area contributed by atoms with E-state index in [1.54, 1.807) is 30.6 Å². The summed E-state index contributed by atoms with van der Waals surface area (Å²) >= 11 is 6.88. The molecule has 0 amide bonds. The van der Waals surface area contributed by atoms with E-state index < -0.39 is 10.0 Å². The molecule has 2 N–H and O–H groups in total. The summed E-state index contributed by atoms with van der Waals surface area (Å²) in [6.07, 6.45) is 3.80. The summed E-state index contributed by atoms with van der Waals surface area (Å²) in [5.74, 6) is 0. The van der Waals surface area contributed by atoms with E-state index in [4.69, 9.17) is 17.3 Å². The largest absolute Gasteiger partial charge is 0.330 e. The lowest BCUT2D eigenvalue weighted by Gasteiger charge is -2.04. The van der Waals surface area contributed by atoms with E-state index in [0.717, 1.165) is 16.9 Å². The van der Waals surface area contributed by atoms with Gasteiger partial charge in [-0.25, -0.2) is 3.97 Å². The van der Waals surface area contributed by atoms with Gasteiger partial charge in [-0.05, 0) is 42.8 Å². The van der Waals surface area contributed by atoms with Gasteiger partial charge in [-0.1, -0.05) is 11.6 Å². The van der Waals surface area contributed by atoms with Crippen LogP contribution in [0.5, 0.6) is 0 Å². The third-order valence-electron chi connectivity index (χ3n) is 3.08. The van der Waals surface area contributed by atoms with Crippen molar-refractivity contribution in [2.24, 2.45) is 5.73 Å². The maximum Gasteiger partial charge on any atom is 0.277 e. The van der Waals surface area contributed by atoms with E-state index in [1.165, 1.54) is 10.0 Å². The Morgan fingerprint density at radius 2 is 2.14 bits per heavy atom. The van der Waals surface area contributed by atoms with Gasteiger partial charge >= 0.3 is 0 Å². The Balaban J connectivity index is 2.25. The first-order valence-corrected chi connectivity index (χ1v) is 8.83. The van der Waals surface area contributed by atoms with Crippen LogP contribution < -0.4 is 5.73 Å². The number of hydrogen-bond donors (Lipinski definition) is 1. The van der Waals surface area contributed by atoms with Crippen molar-refractivity contribution in [3.63, 3.8) is 0 Å². The first-order valence-electron chi connectivity index (χ1n) is 6.20. The number of hydrogen-bond acceptors (Lipinski definition) is 5. The molecule has 3 rings (SSSR count). The fourth-order valence-corrected chi connectivity index (χ4v) is 5.12. The minimum absolute atomic E-state index is 0.201. The van der Waals surface area contributed by atoms with Gasteiger partial charge in [-0.15, -0.1) is 11.3 Å². The number of rotatable bonds is 4. The van der Waals surface area contributed by atoms with Crippen molar-refractivity contribution in [3.8, 4) is 0 Å². The average Bonchev–Trinajstić information content (AvgIpc) is 3.05. The number of nitrogens with two attached hydrogens (primary N) is 1. The predicted molar refractivity (Wildman–Crippen MR) is 84.4 cm³/mol. The third-order valence-corrected chi connectivity index (χ3v) is 6.45.